The van der Waals surface area contributed by atoms with Crippen LogP contribution in [-0.2, 0) is 0 Å². The molecule has 0 aliphatic heterocycles. The molecule has 66 valence electrons. The number of rotatable bonds is 0. The molecular weight excluding hydrogens is 156 g/mol. The quantitative estimate of drug-likeness (QED) is 0.564. The lowest BCUT2D eigenvalue weighted by Crippen LogP contribution is -1.71. The van der Waals surface area contributed by atoms with Crippen molar-refractivity contribution in [3.63, 3.8) is 0 Å². The molecule has 0 radical (unpaired) electrons. The standard InChI is InChI=1S/C11H8.C2H6/c1-9-6-7-10-4-2-3-5-11(10)8-9;1-2/h3,5-8H,1H3;1-2H3. The summed E-state index contributed by atoms with van der Waals surface area (Å²) in [5.41, 5.74) is 1.29. The zero-order valence-corrected chi connectivity index (χ0v) is 8.39. The minimum Gasteiger partial charge on any atom is -0.0696 e. The normalized spacial score (nSPS) is 8.54. The predicted octanol–water partition coefficient (Wildman–Crippen LogP) is 3.77. The zero-order valence-electron chi connectivity index (χ0n) is 8.39. The van der Waals surface area contributed by atoms with E-state index in [4.69, 9.17) is 0 Å². The van der Waals surface area contributed by atoms with Gasteiger partial charge in [-0.25, -0.2) is 0 Å². The summed E-state index contributed by atoms with van der Waals surface area (Å²) in [6.45, 7) is 6.09. The van der Waals surface area contributed by atoms with Crippen molar-refractivity contribution in [2.24, 2.45) is 0 Å². The van der Waals surface area contributed by atoms with Gasteiger partial charge < -0.3 is 0 Å². The second-order valence-electron chi connectivity index (χ2n) is 2.69. The van der Waals surface area contributed by atoms with Crippen LogP contribution in [0.2, 0.25) is 0 Å². The van der Waals surface area contributed by atoms with E-state index in [2.05, 4.69) is 43.3 Å². The van der Waals surface area contributed by atoms with Crippen LogP contribution in [0.4, 0.5) is 0 Å². The Labute approximate surface area is 80.2 Å². The summed E-state index contributed by atoms with van der Waals surface area (Å²) in [4.78, 5) is 0. The Bertz CT molecular complexity index is 374. The Morgan fingerprint density at radius 2 is 1.85 bits per heavy atom. The van der Waals surface area contributed by atoms with Crippen LogP contribution in [0.3, 0.4) is 0 Å². The van der Waals surface area contributed by atoms with Crippen LogP contribution in [0.5, 0.6) is 0 Å². The third-order valence-electron chi connectivity index (χ3n) is 1.76. The molecule has 13 heavy (non-hydrogen) atoms. The molecule has 2 rings (SSSR count). The number of aryl methyl sites for hydroxylation is 1. The Morgan fingerprint density at radius 1 is 1.08 bits per heavy atom. The third kappa shape index (κ3) is 2.23. The summed E-state index contributed by atoms with van der Waals surface area (Å²) in [6, 6.07) is 16.2. The fourth-order valence-electron chi connectivity index (χ4n) is 1.18. The molecule has 2 aromatic rings. The van der Waals surface area contributed by atoms with Gasteiger partial charge in [-0.1, -0.05) is 43.7 Å². The van der Waals surface area contributed by atoms with Gasteiger partial charge in [-0.15, -0.1) is 0 Å². The summed E-state index contributed by atoms with van der Waals surface area (Å²) in [5, 5.41) is 2.38. The molecule has 0 saturated heterocycles. The molecule has 0 fully saturated rings. The average Bonchev–Trinajstić information content (AvgIpc) is 2.21. The van der Waals surface area contributed by atoms with Crippen LogP contribution in [0.1, 0.15) is 19.4 Å². The first-order valence-corrected chi connectivity index (χ1v) is 4.65. The molecule has 0 heteroatoms. The van der Waals surface area contributed by atoms with Crippen molar-refractivity contribution in [3.8, 4) is 0 Å². The predicted molar refractivity (Wildman–Crippen MR) is 57.7 cm³/mol. The average molecular weight is 170 g/mol. The van der Waals surface area contributed by atoms with E-state index in [1.165, 1.54) is 10.9 Å². The molecule has 2 aromatic carbocycles. The molecule has 0 bridgehead atoms. The second kappa shape index (κ2) is 4.52. The Hall–Kier alpha value is -1.48. The minimum atomic E-state index is 1.14. The van der Waals surface area contributed by atoms with Gasteiger partial charge in [-0.2, -0.15) is 0 Å². The maximum Gasteiger partial charge on any atom is 0.0321 e. The van der Waals surface area contributed by atoms with Gasteiger partial charge in [0, 0.05) is 5.39 Å². The van der Waals surface area contributed by atoms with E-state index in [9.17, 15) is 0 Å². The fourth-order valence-corrected chi connectivity index (χ4v) is 1.18. The van der Waals surface area contributed by atoms with Crippen molar-refractivity contribution >= 4 is 10.8 Å². The highest BCUT2D eigenvalue weighted by atomic mass is 13.9. The zero-order chi connectivity index (χ0) is 9.68. The first kappa shape index (κ1) is 9.61. The van der Waals surface area contributed by atoms with Crippen molar-refractivity contribution in [1.82, 2.24) is 0 Å². The first-order valence-electron chi connectivity index (χ1n) is 4.65. The van der Waals surface area contributed by atoms with Gasteiger partial charge in [-0.3, -0.25) is 0 Å². The third-order valence-corrected chi connectivity index (χ3v) is 1.76. The molecule has 0 amide bonds. The molecule has 0 N–H and O–H groups in total. The Balaban J connectivity index is 0.000000396. The van der Waals surface area contributed by atoms with Crippen molar-refractivity contribution in [3.05, 3.63) is 48.0 Å². The molecule has 0 atom stereocenters. The molecule has 0 saturated carbocycles. The van der Waals surface area contributed by atoms with E-state index < -0.39 is 0 Å². The van der Waals surface area contributed by atoms with Crippen LogP contribution in [-0.4, -0.2) is 0 Å². The number of hydrogen-bond acceptors (Lipinski definition) is 0. The van der Waals surface area contributed by atoms with Gasteiger partial charge >= 0.3 is 0 Å². The highest BCUT2D eigenvalue weighted by Crippen LogP contribution is 2.11. The molecule has 0 nitrogen and oxygen atoms in total. The first-order chi connectivity index (χ1) is 6.36. The highest BCUT2D eigenvalue weighted by Gasteiger charge is 1.88. The fraction of sp³-hybridized carbons (Fsp3) is 0.231. The number of benzene rings is 1. The van der Waals surface area contributed by atoms with E-state index in [1.54, 1.807) is 0 Å². The summed E-state index contributed by atoms with van der Waals surface area (Å²) >= 11 is 0. The molecular formula is C13H14. The summed E-state index contributed by atoms with van der Waals surface area (Å²) in [7, 11) is 0. The largest absolute Gasteiger partial charge is 0.0696 e. The number of fused-ring (bicyclic) bond motifs is 1. The van der Waals surface area contributed by atoms with E-state index in [1.807, 2.05) is 19.9 Å². The van der Waals surface area contributed by atoms with E-state index in [0.29, 0.717) is 0 Å². The number of hydrogen-bond donors (Lipinski definition) is 0. The van der Waals surface area contributed by atoms with Crippen LogP contribution < -0.4 is 0 Å². The van der Waals surface area contributed by atoms with Crippen LogP contribution in [0, 0.1) is 19.1 Å². The smallest absolute Gasteiger partial charge is 0.0321 e. The van der Waals surface area contributed by atoms with Crippen molar-refractivity contribution in [2.45, 2.75) is 20.8 Å². The monoisotopic (exact) mass is 170 g/mol. The summed E-state index contributed by atoms with van der Waals surface area (Å²) < 4.78 is 0. The second-order valence-corrected chi connectivity index (χ2v) is 2.69. The Kier molecular flexibility index (Phi) is 3.34. The molecule has 0 unspecified atom stereocenters. The lowest BCUT2D eigenvalue weighted by Gasteiger charge is -1.93. The van der Waals surface area contributed by atoms with E-state index >= 15 is 0 Å². The van der Waals surface area contributed by atoms with E-state index in [-0.39, 0.29) is 0 Å². The SMILES string of the molecule is CC.Cc1ccc2c#cccc2c1. The summed E-state index contributed by atoms with van der Waals surface area (Å²) in [5.74, 6) is 0. The summed E-state index contributed by atoms with van der Waals surface area (Å²) in [6.07, 6.45) is 0. The Morgan fingerprint density at radius 3 is 2.62 bits per heavy atom. The van der Waals surface area contributed by atoms with Gasteiger partial charge in [0.1, 0.15) is 0 Å². The topological polar surface area (TPSA) is 0 Å². The minimum absolute atomic E-state index is 1.14. The lowest BCUT2D eigenvalue weighted by atomic mass is 10.1. The van der Waals surface area contributed by atoms with Crippen LogP contribution >= 0.6 is 0 Å². The maximum atomic E-state index is 3.05. The molecule has 0 heterocycles. The maximum absolute atomic E-state index is 3.05. The van der Waals surface area contributed by atoms with Gasteiger partial charge in [0.25, 0.3) is 0 Å². The molecule has 0 aliphatic rings. The molecule has 0 aromatic heterocycles. The van der Waals surface area contributed by atoms with E-state index in [0.717, 1.165) is 5.39 Å². The lowest BCUT2D eigenvalue weighted by molar-refractivity contribution is 1.50. The van der Waals surface area contributed by atoms with Crippen molar-refractivity contribution in [2.75, 3.05) is 0 Å². The van der Waals surface area contributed by atoms with Crippen LogP contribution in [0.25, 0.3) is 10.8 Å². The van der Waals surface area contributed by atoms with Crippen molar-refractivity contribution in [1.29, 1.82) is 0 Å². The highest BCUT2D eigenvalue weighted by molar-refractivity contribution is 5.81. The van der Waals surface area contributed by atoms with Crippen LogP contribution in [0.15, 0.2) is 30.3 Å². The van der Waals surface area contributed by atoms with Gasteiger partial charge in [0.2, 0.25) is 0 Å². The molecule has 0 aliphatic carbocycles. The van der Waals surface area contributed by atoms with Gasteiger partial charge in [-0.05, 0) is 30.5 Å². The van der Waals surface area contributed by atoms with Gasteiger partial charge in [0.05, 0.1) is 0 Å². The molecule has 0 spiro atoms. The van der Waals surface area contributed by atoms with Gasteiger partial charge in [0.15, 0.2) is 0 Å². The van der Waals surface area contributed by atoms with Crippen molar-refractivity contribution < 1.29 is 0 Å².